The molecule has 2 aromatic rings. The average molecular weight is 245 g/mol. The van der Waals surface area contributed by atoms with E-state index in [1.54, 1.807) is 0 Å². The van der Waals surface area contributed by atoms with E-state index >= 15 is 0 Å². The van der Waals surface area contributed by atoms with Crippen LogP contribution in [0.2, 0.25) is 5.02 Å². The Hall–Kier alpha value is -1.54. The Labute approximate surface area is 105 Å². The van der Waals surface area contributed by atoms with E-state index in [1.807, 2.05) is 30.5 Å². The van der Waals surface area contributed by atoms with Gasteiger partial charge in [0.25, 0.3) is 0 Å². The minimum atomic E-state index is 0.296. The fourth-order valence-corrected chi connectivity index (χ4v) is 2.74. The van der Waals surface area contributed by atoms with Gasteiger partial charge in [-0.3, -0.25) is 4.98 Å². The van der Waals surface area contributed by atoms with Gasteiger partial charge in [0.15, 0.2) is 0 Å². The first kappa shape index (κ1) is 10.6. The first-order chi connectivity index (χ1) is 8.25. The van der Waals surface area contributed by atoms with Crippen molar-refractivity contribution in [3.63, 3.8) is 0 Å². The Morgan fingerprint density at radius 3 is 3.06 bits per heavy atom. The number of nitrogen functional groups attached to an aromatic ring is 1. The molecule has 1 heterocycles. The number of fused-ring (bicyclic) bond motifs is 1. The third-order valence-corrected chi connectivity index (χ3v) is 3.62. The van der Waals surface area contributed by atoms with Gasteiger partial charge in [-0.2, -0.15) is 0 Å². The smallest absolute Gasteiger partial charge is 0.0511 e. The summed E-state index contributed by atoms with van der Waals surface area (Å²) in [5, 5.41) is 0.735. The first-order valence-corrected chi connectivity index (χ1v) is 6.12. The molecule has 3 rings (SSSR count). The molecular weight excluding hydrogens is 232 g/mol. The largest absolute Gasteiger partial charge is 0.398 e. The maximum atomic E-state index is 6.05. The molecule has 0 saturated heterocycles. The van der Waals surface area contributed by atoms with E-state index in [0.717, 1.165) is 34.8 Å². The number of aryl methyl sites for hydroxylation is 1. The summed E-state index contributed by atoms with van der Waals surface area (Å²) in [6.45, 7) is 0. The van der Waals surface area contributed by atoms with Crippen molar-refractivity contribution in [2.45, 2.75) is 18.8 Å². The van der Waals surface area contributed by atoms with Gasteiger partial charge in [0.2, 0.25) is 0 Å². The summed E-state index contributed by atoms with van der Waals surface area (Å²) >= 11 is 6.05. The molecule has 1 aromatic carbocycles. The van der Waals surface area contributed by atoms with E-state index < -0.39 is 0 Å². The van der Waals surface area contributed by atoms with Crippen LogP contribution in [0.3, 0.4) is 0 Å². The average Bonchev–Trinajstić information content (AvgIpc) is 2.76. The molecule has 17 heavy (non-hydrogen) atoms. The maximum absolute atomic E-state index is 6.05. The molecule has 1 aliphatic rings. The molecule has 1 aromatic heterocycles. The molecule has 0 amide bonds. The molecule has 1 unspecified atom stereocenters. The Bertz CT molecular complexity index is 566. The van der Waals surface area contributed by atoms with Crippen molar-refractivity contribution in [1.29, 1.82) is 0 Å². The highest BCUT2D eigenvalue weighted by Crippen LogP contribution is 2.39. The van der Waals surface area contributed by atoms with E-state index in [1.165, 1.54) is 5.56 Å². The predicted octanol–water partition coefficient (Wildman–Crippen LogP) is 3.40. The zero-order valence-electron chi connectivity index (χ0n) is 9.36. The number of rotatable bonds is 1. The molecule has 3 heteroatoms. The van der Waals surface area contributed by atoms with Crippen LogP contribution in [0.25, 0.3) is 0 Å². The Kier molecular flexibility index (Phi) is 2.52. The van der Waals surface area contributed by atoms with E-state index in [0.29, 0.717) is 5.92 Å². The number of pyridine rings is 1. The number of nitrogens with zero attached hydrogens (tertiary/aromatic N) is 1. The topological polar surface area (TPSA) is 38.9 Å². The number of aromatic nitrogens is 1. The molecule has 0 spiro atoms. The van der Waals surface area contributed by atoms with Crippen molar-refractivity contribution < 1.29 is 0 Å². The lowest BCUT2D eigenvalue weighted by molar-refractivity contribution is 0.774. The molecule has 2 N–H and O–H groups in total. The Morgan fingerprint density at radius 1 is 1.29 bits per heavy atom. The lowest BCUT2D eigenvalue weighted by atomic mass is 9.95. The van der Waals surface area contributed by atoms with Crippen molar-refractivity contribution in [3.8, 4) is 0 Å². The van der Waals surface area contributed by atoms with Crippen molar-refractivity contribution in [3.05, 3.63) is 58.4 Å². The van der Waals surface area contributed by atoms with Crippen LogP contribution >= 0.6 is 11.6 Å². The van der Waals surface area contributed by atoms with Crippen LogP contribution in [0.15, 0.2) is 36.5 Å². The summed E-state index contributed by atoms with van der Waals surface area (Å²) < 4.78 is 0. The summed E-state index contributed by atoms with van der Waals surface area (Å²) in [5.41, 5.74) is 10.4. The highest BCUT2D eigenvalue weighted by atomic mass is 35.5. The molecule has 1 atom stereocenters. The van der Waals surface area contributed by atoms with Gasteiger partial charge in [-0.1, -0.05) is 17.7 Å². The predicted molar refractivity (Wildman–Crippen MR) is 70.3 cm³/mol. The molecule has 1 aliphatic carbocycles. The number of halogens is 1. The molecule has 0 aliphatic heterocycles. The molecule has 86 valence electrons. The van der Waals surface area contributed by atoms with E-state index in [4.69, 9.17) is 17.3 Å². The Balaban J connectivity index is 2.10. The highest BCUT2D eigenvalue weighted by molar-refractivity contribution is 6.30. The fourth-order valence-electron chi connectivity index (χ4n) is 2.56. The lowest BCUT2D eigenvalue weighted by Crippen LogP contribution is -2.02. The van der Waals surface area contributed by atoms with Gasteiger partial charge in [-0.15, -0.1) is 0 Å². The van der Waals surface area contributed by atoms with Gasteiger partial charge in [0.05, 0.1) is 5.69 Å². The number of anilines is 1. The van der Waals surface area contributed by atoms with Gasteiger partial charge in [-0.05, 0) is 48.2 Å². The summed E-state index contributed by atoms with van der Waals surface area (Å²) in [6.07, 6.45) is 3.98. The molecule has 0 fully saturated rings. The Morgan fingerprint density at radius 2 is 2.18 bits per heavy atom. The van der Waals surface area contributed by atoms with Gasteiger partial charge < -0.3 is 5.73 Å². The van der Waals surface area contributed by atoms with Gasteiger partial charge in [0.1, 0.15) is 0 Å². The van der Waals surface area contributed by atoms with Crippen LogP contribution in [-0.4, -0.2) is 4.98 Å². The van der Waals surface area contributed by atoms with Crippen LogP contribution in [0.4, 0.5) is 5.69 Å². The highest BCUT2D eigenvalue weighted by Gasteiger charge is 2.26. The number of benzene rings is 1. The second kappa shape index (κ2) is 4.04. The van der Waals surface area contributed by atoms with Crippen LogP contribution in [0.1, 0.15) is 29.2 Å². The van der Waals surface area contributed by atoms with Crippen LogP contribution < -0.4 is 5.73 Å². The zero-order chi connectivity index (χ0) is 11.8. The second-order valence-corrected chi connectivity index (χ2v) is 4.85. The van der Waals surface area contributed by atoms with Gasteiger partial charge >= 0.3 is 0 Å². The minimum absolute atomic E-state index is 0.296. The molecule has 2 nitrogen and oxygen atoms in total. The number of hydrogen-bond acceptors (Lipinski definition) is 2. The lowest BCUT2D eigenvalue weighted by Gasteiger charge is -2.14. The molecular formula is C14H13ClN2. The van der Waals surface area contributed by atoms with E-state index in [9.17, 15) is 0 Å². The third kappa shape index (κ3) is 1.79. The van der Waals surface area contributed by atoms with Gasteiger partial charge in [0, 0.05) is 22.8 Å². The maximum Gasteiger partial charge on any atom is 0.0511 e. The summed E-state index contributed by atoms with van der Waals surface area (Å²) in [6, 6.07) is 9.80. The van der Waals surface area contributed by atoms with Crippen LogP contribution in [0.5, 0.6) is 0 Å². The van der Waals surface area contributed by atoms with E-state index in [-0.39, 0.29) is 0 Å². The normalized spacial score (nSPS) is 18.1. The number of hydrogen-bond donors (Lipinski definition) is 1. The summed E-state index contributed by atoms with van der Waals surface area (Å²) in [5.74, 6) is 0.296. The van der Waals surface area contributed by atoms with Crippen molar-refractivity contribution in [2.75, 3.05) is 5.73 Å². The first-order valence-electron chi connectivity index (χ1n) is 5.74. The zero-order valence-corrected chi connectivity index (χ0v) is 10.1. The fraction of sp³-hybridized carbons (Fsp3) is 0.214. The monoisotopic (exact) mass is 244 g/mol. The van der Waals surface area contributed by atoms with Crippen LogP contribution in [0, 0.1) is 0 Å². The molecule has 0 saturated carbocycles. The number of nitrogens with two attached hydrogens (primary N) is 1. The van der Waals surface area contributed by atoms with Crippen LogP contribution in [-0.2, 0) is 6.42 Å². The molecule has 0 bridgehead atoms. The summed E-state index contributed by atoms with van der Waals surface area (Å²) in [4.78, 5) is 4.49. The quantitative estimate of drug-likeness (QED) is 0.781. The molecule has 0 radical (unpaired) electrons. The van der Waals surface area contributed by atoms with E-state index in [2.05, 4.69) is 11.1 Å². The van der Waals surface area contributed by atoms with Crippen molar-refractivity contribution in [2.24, 2.45) is 0 Å². The summed E-state index contributed by atoms with van der Waals surface area (Å²) in [7, 11) is 0. The minimum Gasteiger partial charge on any atom is -0.398 e. The van der Waals surface area contributed by atoms with Crippen molar-refractivity contribution in [1.82, 2.24) is 4.98 Å². The standard InChI is InChI=1S/C14H13ClN2/c15-10-4-6-13(16)12(8-10)11-5-3-9-2-1-7-17-14(9)11/h1-2,4,6-8,11H,3,5,16H2. The SMILES string of the molecule is Nc1ccc(Cl)cc1C1CCc2cccnc21. The van der Waals surface area contributed by atoms with Gasteiger partial charge in [-0.25, -0.2) is 0 Å². The second-order valence-electron chi connectivity index (χ2n) is 4.41. The van der Waals surface area contributed by atoms with Crippen molar-refractivity contribution >= 4 is 17.3 Å². The third-order valence-electron chi connectivity index (χ3n) is 3.38.